The average Bonchev–Trinajstić information content (AvgIpc) is 2.77. The van der Waals surface area contributed by atoms with Gasteiger partial charge in [0.15, 0.2) is 0 Å². The van der Waals surface area contributed by atoms with Gasteiger partial charge in [0.25, 0.3) is 0 Å². The zero-order valence-electron chi connectivity index (χ0n) is 24.5. The van der Waals surface area contributed by atoms with E-state index in [1.54, 1.807) is 0 Å². The molecule has 0 aliphatic carbocycles. The molecule has 2 rings (SSSR count). The molecule has 2 N–H and O–H groups in total. The number of hydrogen-bond acceptors (Lipinski definition) is 3. The van der Waals surface area contributed by atoms with Gasteiger partial charge in [-0.2, -0.15) is 0 Å². The van der Waals surface area contributed by atoms with Gasteiger partial charge < -0.3 is 9.84 Å². The minimum Gasteiger partial charge on any atom is -0.490 e. The minimum atomic E-state index is -1.10. The molecule has 0 aliphatic heterocycles. The van der Waals surface area contributed by atoms with Crippen molar-refractivity contribution in [2.75, 3.05) is 6.61 Å². The lowest BCUT2D eigenvalue weighted by molar-refractivity contribution is -0.0725. The molecule has 0 saturated heterocycles. The van der Waals surface area contributed by atoms with Crippen molar-refractivity contribution in [3.05, 3.63) is 64.2 Å². The second kappa shape index (κ2) is 11.4. The van der Waals surface area contributed by atoms with Crippen molar-refractivity contribution in [3.8, 4) is 5.75 Å². The minimum absolute atomic E-state index is 0.106. The highest BCUT2D eigenvalue weighted by Gasteiger charge is 2.36. The molecule has 0 bridgehead atoms. The Bertz CT molecular complexity index is 1060. The Balaban J connectivity index is 2.33. The van der Waals surface area contributed by atoms with E-state index in [-0.39, 0.29) is 22.2 Å². The zero-order valence-corrected chi connectivity index (χ0v) is 25.3. The molecule has 5 heteroatoms. The van der Waals surface area contributed by atoms with Crippen molar-refractivity contribution < 1.29 is 14.1 Å². The molecule has 0 spiro atoms. The highest BCUT2D eigenvalue weighted by atomic mass is 32.2. The fourth-order valence-corrected chi connectivity index (χ4v) is 5.05. The molecule has 0 fully saturated rings. The van der Waals surface area contributed by atoms with Gasteiger partial charge in [0.2, 0.25) is 0 Å². The summed E-state index contributed by atoms with van der Waals surface area (Å²) in [5.41, 5.74) is 4.72. The Morgan fingerprint density at radius 3 is 1.83 bits per heavy atom. The molecule has 0 aromatic heterocycles. The van der Waals surface area contributed by atoms with Crippen molar-refractivity contribution >= 4 is 11.0 Å². The summed E-state index contributed by atoms with van der Waals surface area (Å²) in [6.07, 6.45) is 1.96. The predicted molar refractivity (Wildman–Crippen MR) is 154 cm³/mol. The molecule has 0 amide bonds. The number of rotatable bonds is 10. The lowest BCUT2D eigenvalue weighted by atomic mass is 9.70. The lowest BCUT2D eigenvalue weighted by Crippen LogP contribution is -2.45. The summed E-state index contributed by atoms with van der Waals surface area (Å²) in [4.78, 5) is 0. The fourth-order valence-electron chi connectivity index (χ4n) is 4.33. The topological polar surface area (TPSA) is 58.6 Å². The monoisotopic (exact) mass is 515 g/mol. The second-order valence-corrected chi connectivity index (χ2v) is 14.5. The highest BCUT2D eigenvalue weighted by Crippen LogP contribution is 2.41. The molecule has 4 nitrogen and oxygen atoms in total. The highest BCUT2D eigenvalue weighted by molar-refractivity contribution is 7.84. The van der Waals surface area contributed by atoms with Gasteiger partial charge in [-0.3, -0.25) is 0 Å². The molecule has 0 saturated carbocycles. The van der Waals surface area contributed by atoms with E-state index in [0.29, 0.717) is 6.54 Å². The third-order valence-corrected chi connectivity index (χ3v) is 9.42. The van der Waals surface area contributed by atoms with Crippen LogP contribution in [-0.4, -0.2) is 26.3 Å². The Hall–Kier alpha value is -1.69. The lowest BCUT2D eigenvalue weighted by Gasteiger charge is -2.37. The average molecular weight is 516 g/mol. The molecular formula is C31H49NO3S. The molecule has 2 aromatic rings. The summed E-state index contributed by atoms with van der Waals surface area (Å²) in [5.74, 6) is 0.814. The van der Waals surface area contributed by atoms with Gasteiger partial charge in [0.05, 0.1) is 15.7 Å². The first-order chi connectivity index (χ1) is 16.5. The largest absolute Gasteiger partial charge is 0.490 e. The summed E-state index contributed by atoms with van der Waals surface area (Å²) >= 11 is 0. The van der Waals surface area contributed by atoms with Gasteiger partial charge in [-0.05, 0) is 93.7 Å². The Morgan fingerprint density at radius 1 is 0.861 bits per heavy atom. The van der Waals surface area contributed by atoms with Gasteiger partial charge in [-0.15, -0.1) is 0 Å². The predicted octanol–water partition coefficient (Wildman–Crippen LogP) is 7.14. The molecule has 2 atom stereocenters. The Kier molecular flexibility index (Phi) is 9.64. The molecule has 36 heavy (non-hydrogen) atoms. The van der Waals surface area contributed by atoms with Crippen LogP contribution in [0.5, 0.6) is 5.75 Å². The van der Waals surface area contributed by atoms with Crippen molar-refractivity contribution in [2.45, 2.75) is 111 Å². The van der Waals surface area contributed by atoms with Crippen LogP contribution < -0.4 is 9.46 Å². The Labute approximate surface area is 222 Å². The Morgan fingerprint density at radius 2 is 1.39 bits per heavy atom. The van der Waals surface area contributed by atoms with E-state index in [9.17, 15) is 9.32 Å². The van der Waals surface area contributed by atoms with E-state index in [0.717, 1.165) is 24.2 Å². The van der Waals surface area contributed by atoms with E-state index in [4.69, 9.17) is 4.74 Å². The van der Waals surface area contributed by atoms with Gasteiger partial charge in [0.1, 0.15) is 18.0 Å². The van der Waals surface area contributed by atoms with Crippen LogP contribution >= 0.6 is 0 Å². The molecule has 0 heterocycles. The third-order valence-electron chi connectivity index (χ3n) is 7.90. The summed E-state index contributed by atoms with van der Waals surface area (Å²) in [6, 6.07) is 13.2. The van der Waals surface area contributed by atoms with Gasteiger partial charge >= 0.3 is 0 Å². The van der Waals surface area contributed by atoms with Crippen LogP contribution in [0.2, 0.25) is 0 Å². The number of benzene rings is 2. The number of aliphatic hydroxyl groups is 1. The van der Waals surface area contributed by atoms with Gasteiger partial charge in [-0.25, -0.2) is 8.93 Å². The van der Waals surface area contributed by atoms with E-state index < -0.39 is 16.6 Å². The summed E-state index contributed by atoms with van der Waals surface area (Å²) < 4.78 is 21.4. The molecule has 202 valence electrons. The maximum atomic E-state index is 12.4. The van der Waals surface area contributed by atoms with Crippen molar-refractivity contribution in [1.82, 2.24) is 4.72 Å². The van der Waals surface area contributed by atoms with E-state index >= 15 is 0 Å². The van der Waals surface area contributed by atoms with Crippen molar-refractivity contribution in [3.63, 3.8) is 0 Å². The summed E-state index contributed by atoms with van der Waals surface area (Å²) in [7, 11) is -1.10. The van der Waals surface area contributed by atoms with Crippen LogP contribution in [0.25, 0.3) is 0 Å². The van der Waals surface area contributed by atoms with Crippen molar-refractivity contribution in [1.29, 1.82) is 0 Å². The van der Waals surface area contributed by atoms with Crippen LogP contribution in [0.4, 0.5) is 0 Å². The van der Waals surface area contributed by atoms with E-state index in [2.05, 4.69) is 68.8 Å². The first-order valence-electron chi connectivity index (χ1n) is 13.2. The van der Waals surface area contributed by atoms with Crippen molar-refractivity contribution in [2.24, 2.45) is 5.41 Å². The SMILES string of the molecule is CCC(CC)(c1ccc(CNS(=O)C(C)(C)C)c(C)c1)c1ccc(OCC(C)(O)C(C)(C)C)c(C)c1. The number of nitrogens with one attached hydrogen (secondary N) is 1. The normalized spacial score (nSPS) is 15.4. The molecular weight excluding hydrogens is 466 g/mol. The molecule has 2 aromatic carbocycles. The maximum Gasteiger partial charge on any atom is 0.122 e. The number of hydrogen-bond donors (Lipinski definition) is 2. The van der Waals surface area contributed by atoms with E-state index in [1.807, 2.05) is 48.5 Å². The van der Waals surface area contributed by atoms with Crippen LogP contribution in [0, 0.1) is 19.3 Å². The van der Waals surface area contributed by atoms with Crippen LogP contribution in [0.15, 0.2) is 36.4 Å². The van der Waals surface area contributed by atoms with Gasteiger partial charge in [-0.1, -0.05) is 65.0 Å². The standard InChI is InChI=1S/C31H49NO3S/c1-12-31(13-2,25-15-14-24(22(3)18-25)20-32-36(34)29(8,9)10)26-16-17-27(23(4)19-26)35-21-30(11,33)28(5,6)7/h14-19,32-33H,12-13,20-21H2,1-11H3. The van der Waals surface area contributed by atoms with Gasteiger partial charge in [0, 0.05) is 12.0 Å². The first kappa shape index (κ1) is 30.5. The quantitative estimate of drug-likeness (QED) is 0.354. The number of ether oxygens (including phenoxy) is 1. The smallest absolute Gasteiger partial charge is 0.122 e. The fraction of sp³-hybridized carbons (Fsp3) is 0.613. The van der Waals surface area contributed by atoms with Crippen LogP contribution in [0.3, 0.4) is 0 Å². The number of aryl methyl sites for hydroxylation is 2. The summed E-state index contributed by atoms with van der Waals surface area (Å²) in [6.45, 7) is 23.4. The maximum absolute atomic E-state index is 12.4. The molecule has 0 aliphatic rings. The van der Waals surface area contributed by atoms with Crippen LogP contribution in [-0.2, 0) is 22.9 Å². The summed E-state index contributed by atoms with van der Waals surface area (Å²) in [5, 5.41) is 10.8. The molecule has 2 unspecified atom stereocenters. The van der Waals surface area contributed by atoms with Crippen LogP contribution in [0.1, 0.15) is 103 Å². The zero-order chi connectivity index (χ0) is 27.5. The molecule has 0 radical (unpaired) electrons. The first-order valence-corrected chi connectivity index (χ1v) is 14.3. The second-order valence-electron chi connectivity index (χ2n) is 12.4. The third kappa shape index (κ3) is 6.79. The van der Waals surface area contributed by atoms with E-state index in [1.165, 1.54) is 22.3 Å².